The third-order valence-corrected chi connectivity index (χ3v) is 3.27. The lowest BCUT2D eigenvalue weighted by molar-refractivity contribution is -0.0373. The lowest BCUT2D eigenvalue weighted by atomic mass is 10.1. The van der Waals surface area contributed by atoms with Gasteiger partial charge in [0.15, 0.2) is 0 Å². The van der Waals surface area contributed by atoms with Gasteiger partial charge in [0, 0.05) is 17.1 Å². The highest BCUT2D eigenvalue weighted by atomic mass is 19.3. The fourth-order valence-electron chi connectivity index (χ4n) is 2.14. The second kappa shape index (κ2) is 5.76. The van der Waals surface area contributed by atoms with E-state index in [4.69, 9.17) is 10.8 Å². The second-order valence-electron chi connectivity index (χ2n) is 5.00. The van der Waals surface area contributed by atoms with E-state index in [2.05, 4.69) is 25.5 Å². The predicted octanol–water partition coefficient (Wildman–Crippen LogP) is 1.64. The number of H-pyrrole nitrogens is 1. The largest absolute Gasteiger partial charge is 0.390 e. The number of nitrogens with zero attached hydrogens (tertiary/aromatic N) is 3. The Bertz CT molecular complexity index is 822. The van der Waals surface area contributed by atoms with Crippen LogP contribution in [-0.2, 0) is 0 Å². The van der Waals surface area contributed by atoms with Crippen LogP contribution < -0.4 is 11.1 Å². The van der Waals surface area contributed by atoms with Crippen LogP contribution in [0, 0.1) is 0 Å². The summed E-state index contributed by atoms with van der Waals surface area (Å²) in [6.45, 7) is -2.00. The van der Waals surface area contributed by atoms with Gasteiger partial charge in [-0.15, -0.1) is 0 Å². The molecule has 0 atom stereocenters. The molecule has 1 aromatic carbocycles. The monoisotopic (exact) mass is 320 g/mol. The molecule has 3 aromatic rings. The van der Waals surface area contributed by atoms with Crippen LogP contribution in [0.2, 0.25) is 0 Å². The van der Waals surface area contributed by atoms with Gasteiger partial charge in [0.05, 0.1) is 17.8 Å². The Morgan fingerprint density at radius 1 is 1.26 bits per heavy atom. The average molecular weight is 320 g/mol. The molecule has 0 aliphatic rings. The van der Waals surface area contributed by atoms with Gasteiger partial charge in [-0.1, -0.05) is 6.07 Å². The predicted molar refractivity (Wildman–Crippen MR) is 82.1 cm³/mol. The first-order valence-electron chi connectivity index (χ1n) is 6.78. The minimum atomic E-state index is -3.25. The quantitative estimate of drug-likeness (QED) is 0.568. The normalized spacial score (nSPS) is 11.8. The van der Waals surface area contributed by atoms with Crippen LogP contribution in [0.3, 0.4) is 0 Å². The van der Waals surface area contributed by atoms with Gasteiger partial charge in [-0.05, 0) is 18.2 Å². The maximum absolute atomic E-state index is 13.2. The van der Waals surface area contributed by atoms with E-state index in [0.29, 0.717) is 10.9 Å². The highest BCUT2D eigenvalue weighted by molar-refractivity contribution is 5.92. The summed E-state index contributed by atoms with van der Waals surface area (Å²) < 4.78 is 26.4. The van der Waals surface area contributed by atoms with Crippen LogP contribution in [0.15, 0.2) is 30.5 Å². The molecule has 2 aromatic heterocycles. The van der Waals surface area contributed by atoms with Gasteiger partial charge in [0.2, 0.25) is 5.95 Å². The Labute approximate surface area is 129 Å². The number of aromatic nitrogens is 4. The van der Waals surface area contributed by atoms with Crippen molar-refractivity contribution < 1.29 is 13.9 Å². The summed E-state index contributed by atoms with van der Waals surface area (Å²) in [7, 11) is 0. The zero-order chi connectivity index (χ0) is 16.4. The summed E-state index contributed by atoms with van der Waals surface area (Å²) in [5.41, 5.74) is 7.79. The summed E-state index contributed by atoms with van der Waals surface area (Å²) in [5, 5.41) is 18.4. The topological polar surface area (TPSA) is 113 Å². The number of anilines is 2. The summed E-state index contributed by atoms with van der Waals surface area (Å²) in [5.74, 6) is -3.09. The van der Waals surface area contributed by atoms with Crippen molar-refractivity contribution in [1.29, 1.82) is 0 Å². The maximum atomic E-state index is 13.2. The van der Waals surface area contributed by atoms with Crippen molar-refractivity contribution in [2.45, 2.75) is 5.92 Å². The van der Waals surface area contributed by atoms with Gasteiger partial charge in [0.25, 0.3) is 5.92 Å². The first-order valence-corrected chi connectivity index (χ1v) is 6.78. The molecule has 120 valence electrons. The van der Waals surface area contributed by atoms with E-state index >= 15 is 0 Å². The number of alkyl halides is 2. The number of nitrogens with one attached hydrogen (secondary N) is 2. The molecule has 0 spiro atoms. The molecule has 0 bridgehead atoms. The molecule has 23 heavy (non-hydrogen) atoms. The molecule has 0 aliphatic heterocycles. The molecule has 9 heteroatoms. The standard InChI is InChI=1S/C14H14F2N6O/c15-14(16,7-23)6-18-12-9-2-1-8(10-3-4-19-22-10)5-11(9)20-13(17)21-12/h1-5,23H,6-7H2,(H,19,22)(H3,17,18,20,21). The van der Waals surface area contributed by atoms with Crippen molar-refractivity contribution >= 4 is 22.7 Å². The molecule has 0 fully saturated rings. The van der Waals surface area contributed by atoms with Crippen LogP contribution in [0.25, 0.3) is 22.2 Å². The van der Waals surface area contributed by atoms with E-state index in [1.54, 1.807) is 30.5 Å². The molecule has 0 saturated heterocycles. The van der Waals surface area contributed by atoms with Crippen LogP contribution in [-0.4, -0.2) is 44.3 Å². The highest BCUT2D eigenvalue weighted by Gasteiger charge is 2.27. The Kier molecular flexibility index (Phi) is 3.78. The number of hydrogen-bond donors (Lipinski definition) is 4. The molecular formula is C14H14F2N6O. The molecule has 0 unspecified atom stereocenters. The lowest BCUT2D eigenvalue weighted by Crippen LogP contribution is -2.31. The number of halogens is 2. The van der Waals surface area contributed by atoms with E-state index < -0.39 is 19.1 Å². The lowest BCUT2D eigenvalue weighted by Gasteiger charge is -2.15. The number of fused-ring (bicyclic) bond motifs is 1. The number of benzene rings is 1. The number of nitrogens with two attached hydrogens (primary N) is 1. The fraction of sp³-hybridized carbons (Fsp3) is 0.214. The smallest absolute Gasteiger partial charge is 0.287 e. The van der Waals surface area contributed by atoms with E-state index in [1.165, 1.54) is 0 Å². The van der Waals surface area contributed by atoms with Crippen molar-refractivity contribution in [2.24, 2.45) is 0 Å². The second-order valence-corrected chi connectivity index (χ2v) is 5.00. The molecule has 0 amide bonds. The van der Waals surface area contributed by atoms with Crippen molar-refractivity contribution in [3.63, 3.8) is 0 Å². The number of aliphatic hydroxyl groups is 1. The third kappa shape index (κ3) is 3.19. The fourth-order valence-corrected chi connectivity index (χ4v) is 2.14. The Hall–Kier alpha value is -2.81. The summed E-state index contributed by atoms with van der Waals surface area (Å²) in [6, 6.07) is 7.07. The van der Waals surface area contributed by atoms with Gasteiger partial charge in [0.1, 0.15) is 12.4 Å². The Morgan fingerprint density at radius 3 is 2.78 bits per heavy atom. The minimum Gasteiger partial charge on any atom is -0.390 e. The van der Waals surface area contributed by atoms with Crippen molar-refractivity contribution in [1.82, 2.24) is 20.2 Å². The molecule has 0 radical (unpaired) electrons. The van der Waals surface area contributed by atoms with Gasteiger partial charge in [-0.2, -0.15) is 10.1 Å². The number of hydrogen-bond acceptors (Lipinski definition) is 6. The van der Waals surface area contributed by atoms with E-state index in [-0.39, 0.29) is 11.8 Å². The zero-order valence-corrected chi connectivity index (χ0v) is 11.9. The van der Waals surface area contributed by atoms with Crippen LogP contribution in [0.5, 0.6) is 0 Å². The van der Waals surface area contributed by atoms with Gasteiger partial charge in [-0.3, -0.25) is 5.10 Å². The third-order valence-electron chi connectivity index (χ3n) is 3.27. The van der Waals surface area contributed by atoms with E-state index in [0.717, 1.165) is 11.3 Å². The molecule has 3 rings (SSSR count). The summed E-state index contributed by atoms with van der Waals surface area (Å²) in [4.78, 5) is 8.08. The SMILES string of the molecule is Nc1nc(NCC(F)(F)CO)c2ccc(-c3ccn[nH]3)cc2n1. The molecule has 5 N–H and O–H groups in total. The molecule has 2 heterocycles. The van der Waals surface area contributed by atoms with Crippen LogP contribution in [0.1, 0.15) is 0 Å². The highest BCUT2D eigenvalue weighted by Crippen LogP contribution is 2.27. The average Bonchev–Trinajstić information content (AvgIpc) is 3.06. The molecule has 0 aliphatic carbocycles. The van der Waals surface area contributed by atoms with Crippen molar-refractivity contribution in [3.8, 4) is 11.3 Å². The van der Waals surface area contributed by atoms with Gasteiger partial charge < -0.3 is 16.2 Å². The number of nitrogen functional groups attached to an aromatic ring is 1. The number of aliphatic hydroxyl groups excluding tert-OH is 1. The number of rotatable bonds is 5. The number of aromatic amines is 1. The summed E-state index contributed by atoms with van der Waals surface area (Å²) >= 11 is 0. The van der Waals surface area contributed by atoms with Crippen molar-refractivity contribution in [3.05, 3.63) is 30.5 Å². The first kappa shape index (κ1) is 15.1. The first-order chi connectivity index (χ1) is 11.0. The van der Waals surface area contributed by atoms with Crippen molar-refractivity contribution in [2.75, 3.05) is 24.2 Å². The Balaban J connectivity index is 1.99. The zero-order valence-electron chi connectivity index (χ0n) is 11.9. The van der Waals surface area contributed by atoms with Crippen LogP contribution in [0.4, 0.5) is 20.5 Å². The van der Waals surface area contributed by atoms with Gasteiger partial charge >= 0.3 is 0 Å². The molecular weight excluding hydrogens is 306 g/mol. The Morgan fingerprint density at radius 2 is 2.09 bits per heavy atom. The minimum absolute atomic E-state index is 0.0333. The van der Waals surface area contributed by atoms with E-state index in [1.807, 2.05) is 0 Å². The van der Waals surface area contributed by atoms with E-state index in [9.17, 15) is 8.78 Å². The summed E-state index contributed by atoms with van der Waals surface area (Å²) in [6.07, 6.45) is 1.62. The molecule has 0 saturated carbocycles. The molecule has 7 nitrogen and oxygen atoms in total. The maximum Gasteiger partial charge on any atom is 0.287 e. The van der Waals surface area contributed by atoms with Gasteiger partial charge in [-0.25, -0.2) is 13.8 Å². The van der Waals surface area contributed by atoms with Crippen LogP contribution >= 0.6 is 0 Å².